The number of rotatable bonds is 8. The van der Waals surface area contributed by atoms with Crippen molar-refractivity contribution >= 4 is 17.3 Å². The highest BCUT2D eigenvalue weighted by Crippen LogP contribution is 2.17. The minimum Gasteiger partial charge on any atom is -0.383 e. The van der Waals surface area contributed by atoms with Gasteiger partial charge in [-0.05, 0) is 43.7 Å². The number of non-ortho nitro benzene ring substituents is 1. The molecule has 0 aliphatic rings. The first-order chi connectivity index (χ1) is 15.0. The number of aryl methyl sites for hydroxylation is 2. The van der Waals surface area contributed by atoms with Gasteiger partial charge in [-0.3, -0.25) is 15.1 Å². The van der Waals surface area contributed by atoms with E-state index in [-0.39, 0.29) is 5.69 Å². The number of para-hydroxylation sites is 1. The summed E-state index contributed by atoms with van der Waals surface area (Å²) < 4.78 is 1.96. The molecule has 31 heavy (non-hydrogen) atoms. The van der Waals surface area contributed by atoms with Gasteiger partial charge in [0.2, 0.25) is 0 Å². The van der Waals surface area contributed by atoms with Gasteiger partial charge < -0.3 is 16.0 Å². The van der Waals surface area contributed by atoms with E-state index in [2.05, 4.69) is 44.2 Å². The normalized spacial score (nSPS) is 11.3. The number of hydrogen-bond acceptors (Lipinski definition) is 5. The highest BCUT2D eigenvalue weighted by Gasteiger charge is 2.09. The Labute approximate surface area is 181 Å². The van der Waals surface area contributed by atoms with E-state index >= 15 is 0 Å². The molecule has 0 saturated heterocycles. The second kappa shape index (κ2) is 10.2. The lowest BCUT2D eigenvalue weighted by atomic mass is 10.1. The summed E-state index contributed by atoms with van der Waals surface area (Å²) in [6.45, 7) is 5.91. The van der Waals surface area contributed by atoms with Crippen LogP contribution >= 0.6 is 0 Å². The van der Waals surface area contributed by atoms with Crippen LogP contribution < -0.4 is 16.0 Å². The molecule has 9 nitrogen and oxygen atoms in total. The molecule has 0 atom stereocenters. The number of guanidine groups is 1. The number of benzene rings is 2. The summed E-state index contributed by atoms with van der Waals surface area (Å²) in [5, 5.41) is 25.1. The average molecular weight is 422 g/mol. The number of hydrogen-bond donors (Lipinski definition) is 3. The van der Waals surface area contributed by atoms with E-state index in [1.165, 1.54) is 12.1 Å². The van der Waals surface area contributed by atoms with Gasteiger partial charge in [-0.15, -0.1) is 0 Å². The molecule has 0 radical (unpaired) electrons. The van der Waals surface area contributed by atoms with Crippen molar-refractivity contribution in [2.45, 2.75) is 20.4 Å². The summed E-state index contributed by atoms with van der Waals surface area (Å²) in [5.74, 6) is 0.689. The number of nitro benzene ring substituents is 1. The van der Waals surface area contributed by atoms with Gasteiger partial charge in [0.25, 0.3) is 5.69 Å². The smallest absolute Gasteiger partial charge is 0.269 e. The summed E-state index contributed by atoms with van der Waals surface area (Å²) in [4.78, 5) is 14.6. The van der Waals surface area contributed by atoms with Gasteiger partial charge in [0.1, 0.15) is 0 Å². The van der Waals surface area contributed by atoms with Crippen LogP contribution in [0.3, 0.4) is 0 Å². The predicted molar refractivity (Wildman–Crippen MR) is 123 cm³/mol. The minimum atomic E-state index is -0.409. The summed E-state index contributed by atoms with van der Waals surface area (Å²) in [6.07, 6.45) is 0. The first-order valence-corrected chi connectivity index (χ1v) is 10.0. The van der Waals surface area contributed by atoms with Crippen LogP contribution in [0.2, 0.25) is 0 Å². The van der Waals surface area contributed by atoms with E-state index in [4.69, 9.17) is 0 Å². The van der Waals surface area contributed by atoms with Gasteiger partial charge in [0.15, 0.2) is 5.96 Å². The maximum Gasteiger partial charge on any atom is 0.269 e. The monoisotopic (exact) mass is 421 g/mol. The number of aromatic nitrogens is 2. The van der Waals surface area contributed by atoms with Crippen molar-refractivity contribution in [3.63, 3.8) is 0 Å². The molecule has 162 valence electrons. The van der Waals surface area contributed by atoms with Crippen molar-refractivity contribution in [3.05, 3.63) is 81.7 Å². The third-order valence-electron chi connectivity index (χ3n) is 4.72. The number of nitrogens with zero attached hydrogens (tertiary/aromatic N) is 4. The van der Waals surface area contributed by atoms with Crippen LogP contribution in [0, 0.1) is 24.0 Å². The summed E-state index contributed by atoms with van der Waals surface area (Å²) in [6, 6.07) is 16.6. The second-order valence-corrected chi connectivity index (χ2v) is 7.05. The quantitative estimate of drug-likeness (QED) is 0.169. The molecule has 3 rings (SSSR count). The fourth-order valence-electron chi connectivity index (χ4n) is 3.23. The van der Waals surface area contributed by atoms with Crippen LogP contribution in [0.25, 0.3) is 5.69 Å². The lowest BCUT2D eigenvalue weighted by molar-refractivity contribution is -0.384. The number of aliphatic imine (C=N–C) groups is 1. The van der Waals surface area contributed by atoms with Gasteiger partial charge in [-0.2, -0.15) is 5.10 Å². The van der Waals surface area contributed by atoms with Crippen LogP contribution in [0.5, 0.6) is 0 Å². The number of anilines is 1. The summed E-state index contributed by atoms with van der Waals surface area (Å²) in [7, 11) is 1.73. The van der Waals surface area contributed by atoms with Crippen molar-refractivity contribution in [1.82, 2.24) is 20.4 Å². The summed E-state index contributed by atoms with van der Waals surface area (Å²) >= 11 is 0. The molecule has 3 aromatic rings. The Bertz CT molecular complexity index is 1060. The third kappa shape index (κ3) is 5.81. The van der Waals surface area contributed by atoms with Crippen molar-refractivity contribution in [3.8, 4) is 5.69 Å². The molecule has 0 amide bonds. The first kappa shape index (κ1) is 21.8. The molecule has 0 fully saturated rings. The van der Waals surface area contributed by atoms with Gasteiger partial charge >= 0.3 is 0 Å². The van der Waals surface area contributed by atoms with Crippen LogP contribution in [-0.2, 0) is 6.54 Å². The van der Waals surface area contributed by atoms with Crippen molar-refractivity contribution in [2.24, 2.45) is 4.99 Å². The highest BCUT2D eigenvalue weighted by molar-refractivity contribution is 5.79. The molecule has 1 aromatic heterocycles. The Balaban J connectivity index is 1.51. The van der Waals surface area contributed by atoms with Gasteiger partial charge in [0.05, 0.1) is 16.3 Å². The van der Waals surface area contributed by atoms with Gasteiger partial charge in [-0.1, -0.05) is 18.2 Å². The average Bonchev–Trinajstić information content (AvgIpc) is 3.11. The van der Waals surface area contributed by atoms with E-state index in [9.17, 15) is 10.1 Å². The molecule has 0 bridgehead atoms. The SMILES string of the molecule is CN=C(NCCNc1ccc([N+](=O)[O-])cc1)NCc1ccccc1-n1nc(C)cc1C. The van der Waals surface area contributed by atoms with E-state index in [0.717, 1.165) is 28.3 Å². The van der Waals surface area contributed by atoms with Crippen LogP contribution in [0.4, 0.5) is 11.4 Å². The first-order valence-electron chi connectivity index (χ1n) is 10.0. The van der Waals surface area contributed by atoms with E-state index in [1.54, 1.807) is 19.2 Å². The maximum absolute atomic E-state index is 10.7. The number of nitrogens with one attached hydrogen (secondary N) is 3. The molecule has 0 spiro atoms. The second-order valence-electron chi connectivity index (χ2n) is 7.05. The molecule has 2 aromatic carbocycles. The Morgan fingerprint density at radius 1 is 1.10 bits per heavy atom. The molecular formula is C22H27N7O2. The fraction of sp³-hybridized carbons (Fsp3) is 0.273. The molecule has 3 N–H and O–H groups in total. The molecular weight excluding hydrogens is 394 g/mol. The zero-order valence-electron chi connectivity index (χ0n) is 17.9. The molecule has 0 unspecified atom stereocenters. The predicted octanol–water partition coefficient (Wildman–Crippen LogP) is 3.17. The molecule has 0 saturated carbocycles. The van der Waals surface area contributed by atoms with Crippen LogP contribution in [0.15, 0.2) is 59.6 Å². The largest absolute Gasteiger partial charge is 0.383 e. The van der Waals surface area contributed by atoms with Crippen molar-refractivity contribution in [1.29, 1.82) is 0 Å². The van der Waals surface area contributed by atoms with Crippen LogP contribution in [0.1, 0.15) is 17.0 Å². The van der Waals surface area contributed by atoms with Gasteiger partial charge in [-0.25, -0.2) is 4.68 Å². The minimum absolute atomic E-state index is 0.0778. The van der Waals surface area contributed by atoms with Gasteiger partial charge in [0, 0.05) is 50.2 Å². The van der Waals surface area contributed by atoms with Crippen molar-refractivity contribution < 1.29 is 4.92 Å². The topological polar surface area (TPSA) is 109 Å². The molecule has 0 aliphatic carbocycles. The molecule has 1 heterocycles. The zero-order chi connectivity index (χ0) is 22.2. The molecule has 9 heteroatoms. The zero-order valence-corrected chi connectivity index (χ0v) is 17.9. The van der Waals surface area contributed by atoms with E-state index < -0.39 is 4.92 Å². The highest BCUT2D eigenvalue weighted by atomic mass is 16.6. The van der Waals surface area contributed by atoms with Crippen molar-refractivity contribution in [2.75, 3.05) is 25.5 Å². The molecule has 0 aliphatic heterocycles. The third-order valence-corrected chi connectivity index (χ3v) is 4.72. The van der Waals surface area contributed by atoms with E-state index in [1.807, 2.05) is 30.7 Å². The Morgan fingerprint density at radius 3 is 2.48 bits per heavy atom. The van der Waals surface area contributed by atoms with Crippen LogP contribution in [-0.4, -0.2) is 40.8 Å². The van der Waals surface area contributed by atoms with E-state index in [0.29, 0.717) is 25.6 Å². The Kier molecular flexibility index (Phi) is 7.21. The Morgan fingerprint density at radius 2 is 1.84 bits per heavy atom. The Hall–Kier alpha value is -3.88. The lowest BCUT2D eigenvalue weighted by Crippen LogP contribution is -2.39. The fourth-order valence-corrected chi connectivity index (χ4v) is 3.23. The number of nitro groups is 1. The lowest BCUT2D eigenvalue weighted by Gasteiger charge is -2.15. The standard InChI is InChI=1S/C22H27N7O2/c1-16-14-17(2)28(27-16)21-7-5-4-6-18(21)15-26-22(23-3)25-13-12-24-19-8-10-20(11-9-19)29(30)31/h4-11,14,24H,12-13,15H2,1-3H3,(H2,23,25,26). The summed E-state index contributed by atoms with van der Waals surface area (Å²) in [5.41, 5.74) is 5.13. The maximum atomic E-state index is 10.7.